The van der Waals surface area contributed by atoms with Gasteiger partial charge in [0, 0.05) is 17.5 Å². The van der Waals surface area contributed by atoms with E-state index in [1.165, 1.54) is 7.11 Å². The lowest BCUT2D eigenvalue weighted by molar-refractivity contribution is 0.375. The maximum atomic E-state index is 12.4. The first-order valence-electron chi connectivity index (χ1n) is 8.37. The van der Waals surface area contributed by atoms with Crippen LogP contribution in [-0.2, 0) is 20.0 Å². The third-order valence-corrected chi connectivity index (χ3v) is 5.85. The number of rotatable bonds is 6. The average molecular weight is 424 g/mol. The van der Waals surface area contributed by atoms with Gasteiger partial charge in [-0.2, -0.15) is 9.52 Å². The number of sulfonamides is 2. The van der Waals surface area contributed by atoms with Gasteiger partial charge in [0.2, 0.25) is 20.0 Å². The molecule has 1 N–H and O–H groups in total. The van der Waals surface area contributed by atoms with Crippen LogP contribution in [0.25, 0.3) is 0 Å². The Morgan fingerprint density at radius 1 is 1.04 bits per heavy atom. The van der Waals surface area contributed by atoms with Crippen LogP contribution in [0.4, 0.5) is 5.69 Å². The molecule has 0 amide bonds. The summed E-state index contributed by atoms with van der Waals surface area (Å²) in [5.41, 5.74) is 2.07. The predicted octanol–water partition coefficient (Wildman–Crippen LogP) is 2.18. The van der Waals surface area contributed by atoms with Crippen molar-refractivity contribution in [1.82, 2.24) is 4.41 Å². The van der Waals surface area contributed by atoms with E-state index in [0.29, 0.717) is 28.3 Å². The van der Waals surface area contributed by atoms with Gasteiger partial charge < -0.3 is 4.74 Å². The zero-order valence-electron chi connectivity index (χ0n) is 15.7. The molecule has 28 heavy (non-hydrogen) atoms. The molecule has 0 aromatic heterocycles. The zero-order chi connectivity index (χ0) is 20.5. The lowest BCUT2D eigenvalue weighted by Gasteiger charge is -2.23. The van der Waals surface area contributed by atoms with E-state index in [0.717, 1.165) is 16.9 Å². The van der Waals surface area contributed by atoms with Crippen molar-refractivity contribution in [1.29, 1.82) is 0 Å². The predicted molar refractivity (Wildman–Crippen MR) is 108 cm³/mol. The molecule has 0 aliphatic carbocycles. The van der Waals surface area contributed by atoms with E-state index >= 15 is 0 Å². The quantitative estimate of drug-likeness (QED) is 0.767. The molecule has 0 fully saturated rings. The van der Waals surface area contributed by atoms with Crippen molar-refractivity contribution >= 4 is 31.4 Å². The Bertz CT molecular complexity index is 1130. The number of methoxy groups -OCH3 is 1. The number of benzene rings is 2. The Morgan fingerprint density at radius 3 is 2.32 bits per heavy atom. The lowest BCUT2D eigenvalue weighted by Crippen LogP contribution is -2.27. The first-order chi connectivity index (χ1) is 13.1. The van der Waals surface area contributed by atoms with Gasteiger partial charge in [0.1, 0.15) is 5.75 Å². The number of ether oxygens (including phenoxy) is 1. The third-order valence-electron chi connectivity index (χ3n) is 4.25. The van der Waals surface area contributed by atoms with Crippen molar-refractivity contribution in [3.8, 4) is 5.75 Å². The van der Waals surface area contributed by atoms with Crippen LogP contribution in [0.2, 0.25) is 0 Å². The fourth-order valence-corrected chi connectivity index (χ4v) is 4.63. The minimum absolute atomic E-state index is 0.274. The van der Waals surface area contributed by atoms with Gasteiger partial charge >= 0.3 is 0 Å². The number of anilines is 1. The SMILES string of the molecule is COc1ccccc1C1=NN(S(C)(=O)=O)C(c2ccccc2NS(C)(=O)=O)C1. The summed E-state index contributed by atoms with van der Waals surface area (Å²) < 4.78 is 57.1. The van der Waals surface area contributed by atoms with Crippen LogP contribution in [0.5, 0.6) is 5.75 Å². The highest BCUT2D eigenvalue weighted by atomic mass is 32.2. The molecule has 2 aromatic carbocycles. The van der Waals surface area contributed by atoms with Crippen LogP contribution in [0.1, 0.15) is 23.6 Å². The molecule has 1 unspecified atom stereocenters. The van der Waals surface area contributed by atoms with Crippen molar-refractivity contribution in [3.05, 3.63) is 59.7 Å². The fraction of sp³-hybridized carbons (Fsp3) is 0.278. The average Bonchev–Trinajstić information content (AvgIpc) is 3.06. The van der Waals surface area contributed by atoms with Gasteiger partial charge in [-0.3, -0.25) is 4.72 Å². The largest absolute Gasteiger partial charge is 0.496 e. The van der Waals surface area contributed by atoms with Gasteiger partial charge in [-0.25, -0.2) is 16.8 Å². The highest BCUT2D eigenvalue weighted by Gasteiger charge is 2.36. The molecule has 150 valence electrons. The highest BCUT2D eigenvalue weighted by Crippen LogP contribution is 2.39. The van der Waals surface area contributed by atoms with E-state index < -0.39 is 26.1 Å². The fourth-order valence-electron chi connectivity index (χ4n) is 3.15. The monoisotopic (exact) mass is 423 g/mol. The lowest BCUT2D eigenvalue weighted by atomic mass is 9.97. The van der Waals surface area contributed by atoms with E-state index in [2.05, 4.69) is 9.82 Å². The van der Waals surface area contributed by atoms with E-state index in [4.69, 9.17) is 4.74 Å². The van der Waals surface area contributed by atoms with Gasteiger partial charge in [0.25, 0.3) is 0 Å². The third kappa shape index (κ3) is 4.28. The van der Waals surface area contributed by atoms with Gasteiger partial charge in [0.05, 0.1) is 37.1 Å². The van der Waals surface area contributed by atoms with Crippen molar-refractivity contribution in [2.45, 2.75) is 12.5 Å². The van der Waals surface area contributed by atoms with Crippen molar-refractivity contribution in [2.75, 3.05) is 24.3 Å². The molecule has 1 heterocycles. The summed E-state index contributed by atoms with van der Waals surface area (Å²) in [5, 5.41) is 4.34. The number of nitrogens with one attached hydrogen (secondary N) is 1. The molecule has 1 atom stereocenters. The van der Waals surface area contributed by atoms with Crippen molar-refractivity contribution in [3.63, 3.8) is 0 Å². The first-order valence-corrected chi connectivity index (χ1v) is 12.1. The van der Waals surface area contributed by atoms with Crippen LogP contribution in [0.3, 0.4) is 0 Å². The molecular weight excluding hydrogens is 402 g/mol. The van der Waals surface area contributed by atoms with E-state index in [9.17, 15) is 16.8 Å². The number of hydrogen-bond acceptors (Lipinski definition) is 6. The second-order valence-corrected chi connectivity index (χ2v) is 10.1. The van der Waals surface area contributed by atoms with Gasteiger partial charge in [-0.1, -0.05) is 30.3 Å². The number of hydrogen-bond donors (Lipinski definition) is 1. The maximum Gasteiger partial charge on any atom is 0.247 e. The summed E-state index contributed by atoms with van der Waals surface area (Å²) in [6, 6.07) is 13.2. The molecule has 0 bridgehead atoms. The van der Waals surface area contributed by atoms with Crippen LogP contribution < -0.4 is 9.46 Å². The molecular formula is C18H21N3O5S2. The Morgan fingerprint density at radius 2 is 1.68 bits per heavy atom. The molecule has 2 aromatic rings. The highest BCUT2D eigenvalue weighted by molar-refractivity contribution is 7.92. The van der Waals surface area contributed by atoms with E-state index in [1.807, 2.05) is 12.1 Å². The molecule has 0 saturated heterocycles. The molecule has 0 spiro atoms. The number of para-hydroxylation sites is 2. The van der Waals surface area contributed by atoms with E-state index in [1.54, 1.807) is 36.4 Å². The summed E-state index contributed by atoms with van der Waals surface area (Å²) >= 11 is 0. The van der Waals surface area contributed by atoms with Crippen LogP contribution in [0, 0.1) is 0 Å². The number of hydrazone groups is 1. The normalized spacial score (nSPS) is 17.3. The van der Waals surface area contributed by atoms with Gasteiger partial charge in [0.15, 0.2) is 0 Å². The minimum atomic E-state index is -3.69. The van der Waals surface area contributed by atoms with Gasteiger partial charge in [-0.15, -0.1) is 0 Å². The molecule has 8 nitrogen and oxygen atoms in total. The zero-order valence-corrected chi connectivity index (χ0v) is 17.3. The van der Waals surface area contributed by atoms with E-state index in [-0.39, 0.29) is 6.42 Å². The van der Waals surface area contributed by atoms with Crippen molar-refractivity contribution < 1.29 is 21.6 Å². The Kier molecular flexibility index (Phi) is 5.35. The molecule has 0 saturated carbocycles. The smallest absolute Gasteiger partial charge is 0.247 e. The minimum Gasteiger partial charge on any atom is -0.496 e. The first kappa shape index (κ1) is 20.2. The summed E-state index contributed by atoms with van der Waals surface area (Å²) in [6.07, 6.45) is 2.39. The van der Waals surface area contributed by atoms with Crippen LogP contribution in [-0.4, -0.2) is 46.6 Å². The maximum absolute atomic E-state index is 12.4. The standard InChI is InChI=1S/C18H21N3O5S2/c1-26-18-11-7-5-9-14(18)16-12-17(21(19-16)28(3,24)25)13-8-4-6-10-15(13)20-27(2,22)23/h4-11,17,20H,12H2,1-3H3. The Hall–Kier alpha value is -2.59. The molecule has 1 aliphatic heterocycles. The second-order valence-electron chi connectivity index (χ2n) is 6.46. The molecule has 0 radical (unpaired) electrons. The summed E-state index contributed by atoms with van der Waals surface area (Å²) in [4.78, 5) is 0. The summed E-state index contributed by atoms with van der Waals surface area (Å²) in [6.45, 7) is 0. The van der Waals surface area contributed by atoms with Crippen molar-refractivity contribution in [2.24, 2.45) is 5.10 Å². The summed E-state index contributed by atoms with van der Waals surface area (Å²) in [5.74, 6) is 0.581. The molecule has 3 rings (SSSR count). The second kappa shape index (κ2) is 7.44. The topological polar surface area (TPSA) is 105 Å². The molecule has 10 heteroatoms. The Balaban J connectivity index is 2.09. The Labute approximate surface area is 164 Å². The van der Waals surface area contributed by atoms with Gasteiger partial charge in [-0.05, 0) is 18.2 Å². The summed E-state index contributed by atoms with van der Waals surface area (Å²) in [7, 11) is -5.69. The van der Waals surface area contributed by atoms with Crippen LogP contribution in [0.15, 0.2) is 53.6 Å². The van der Waals surface area contributed by atoms with Crippen LogP contribution >= 0.6 is 0 Å². The molecule has 1 aliphatic rings. The number of nitrogens with zero attached hydrogens (tertiary/aromatic N) is 2.